The van der Waals surface area contributed by atoms with E-state index in [0.29, 0.717) is 23.1 Å². The third kappa shape index (κ3) is 3.51. The van der Waals surface area contributed by atoms with Crippen LogP contribution in [0.3, 0.4) is 0 Å². The van der Waals surface area contributed by atoms with Gasteiger partial charge >= 0.3 is 0 Å². The molecule has 0 atom stereocenters. The van der Waals surface area contributed by atoms with Gasteiger partial charge < -0.3 is 10.1 Å². The molecule has 0 aliphatic carbocycles. The third-order valence-electron chi connectivity index (χ3n) is 3.01. The van der Waals surface area contributed by atoms with Gasteiger partial charge in [0.1, 0.15) is 5.75 Å². The first-order chi connectivity index (χ1) is 10.0. The van der Waals surface area contributed by atoms with E-state index in [1.54, 1.807) is 12.1 Å². The molecule has 0 unspecified atom stereocenters. The Morgan fingerprint density at radius 2 is 2.10 bits per heavy atom. The zero-order valence-electron chi connectivity index (χ0n) is 11.7. The number of benzene rings is 2. The van der Waals surface area contributed by atoms with Gasteiger partial charge in [0.05, 0.1) is 16.0 Å². The second kappa shape index (κ2) is 6.56. The van der Waals surface area contributed by atoms with Gasteiger partial charge in [0.25, 0.3) is 5.69 Å². The van der Waals surface area contributed by atoms with Gasteiger partial charge in [-0.2, -0.15) is 0 Å². The zero-order chi connectivity index (χ0) is 15.4. The van der Waals surface area contributed by atoms with Gasteiger partial charge in [0, 0.05) is 18.2 Å². The maximum Gasteiger partial charge on any atom is 0.273 e. The largest absolute Gasteiger partial charge is 0.455 e. The Hall–Kier alpha value is -2.11. The Labute approximate surface area is 127 Å². The fourth-order valence-corrected chi connectivity index (χ4v) is 2.15. The number of hydrogen-bond acceptors (Lipinski definition) is 4. The summed E-state index contributed by atoms with van der Waals surface area (Å²) in [6.07, 6.45) is 0. The normalized spacial score (nSPS) is 10.4. The average molecular weight is 307 g/mol. The summed E-state index contributed by atoms with van der Waals surface area (Å²) < 4.78 is 5.84. The van der Waals surface area contributed by atoms with Crippen LogP contribution in [0.15, 0.2) is 36.4 Å². The molecule has 0 bridgehead atoms. The van der Waals surface area contributed by atoms with Crippen molar-refractivity contribution in [3.63, 3.8) is 0 Å². The van der Waals surface area contributed by atoms with Crippen LogP contribution in [0.1, 0.15) is 11.1 Å². The number of hydrogen-bond donors (Lipinski definition) is 1. The SMILES string of the molecule is CNCc1cccc(Cl)c1Oc1cc([N+](=O)[O-])ccc1C. The first-order valence-electron chi connectivity index (χ1n) is 6.38. The van der Waals surface area contributed by atoms with Crippen molar-refractivity contribution in [3.8, 4) is 11.5 Å². The predicted octanol–water partition coefficient (Wildman–Crippen LogP) is 4.07. The van der Waals surface area contributed by atoms with Crippen molar-refractivity contribution in [2.45, 2.75) is 13.5 Å². The molecule has 1 N–H and O–H groups in total. The summed E-state index contributed by atoms with van der Waals surface area (Å²) in [4.78, 5) is 10.4. The van der Waals surface area contributed by atoms with E-state index in [1.807, 2.05) is 26.1 Å². The Bertz CT molecular complexity index is 674. The number of non-ortho nitro benzene ring substituents is 1. The first-order valence-corrected chi connectivity index (χ1v) is 6.75. The van der Waals surface area contributed by atoms with Crippen LogP contribution in [0.2, 0.25) is 5.02 Å². The van der Waals surface area contributed by atoms with Crippen LogP contribution in [-0.2, 0) is 6.54 Å². The van der Waals surface area contributed by atoms with Crippen molar-refractivity contribution in [1.29, 1.82) is 0 Å². The minimum atomic E-state index is -0.451. The number of rotatable bonds is 5. The van der Waals surface area contributed by atoms with Crippen LogP contribution in [0.5, 0.6) is 11.5 Å². The highest BCUT2D eigenvalue weighted by molar-refractivity contribution is 6.32. The fourth-order valence-electron chi connectivity index (χ4n) is 1.92. The quantitative estimate of drug-likeness (QED) is 0.668. The van der Waals surface area contributed by atoms with Gasteiger partial charge in [0.2, 0.25) is 0 Å². The molecule has 5 nitrogen and oxygen atoms in total. The molecule has 2 aromatic rings. The van der Waals surface area contributed by atoms with E-state index < -0.39 is 4.92 Å². The highest BCUT2D eigenvalue weighted by Crippen LogP contribution is 2.35. The van der Waals surface area contributed by atoms with Crippen LogP contribution in [0, 0.1) is 17.0 Å². The number of aryl methyl sites for hydroxylation is 1. The number of nitrogens with one attached hydrogen (secondary N) is 1. The van der Waals surface area contributed by atoms with Crippen molar-refractivity contribution in [2.75, 3.05) is 7.05 Å². The van der Waals surface area contributed by atoms with Crippen LogP contribution >= 0.6 is 11.6 Å². The van der Waals surface area contributed by atoms with Gasteiger partial charge in [-0.15, -0.1) is 0 Å². The van der Waals surface area contributed by atoms with Crippen LogP contribution in [0.25, 0.3) is 0 Å². The molecule has 0 radical (unpaired) electrons. The molecule has 0 saturated heterocycles. The van der Waals surface area contributed by atoms with Crippen molar-refractivity contribution < 1.29 is 9.66 Å². The van der Waals surface area contributed by atoms with E-state index in [1.165, 1.54) is 12.1 Å². The number of nitro benzene ring substituents is 1. The summed E-state index contributed by atoms with van der Waals surface area (Å²) in [6.45, 7) is 2.41. The van der Waals surface area contributed by atoms with E-state index in [0.717, 1.165) is 11.1 Å². The molecular weight excluding hydrogens is 292 g/mol. The molecule has 0 aliphatic rings. The van der Waals surface area contributed by atoms with Gasteiger partial charge in [-0.3, -0.25) is 10.1 Å². The van der Waals surface area contributed by atoms with Gasteiger partial charge in [-0.05, 0) is 31.7 Å². The highest BCUT2D eigenvalue weighted by Gasteiger charge is 2.14. The first kappa shape index (κ1) is 15.3. The highest BCUT2D eigenvalue weighted by atomic mass is 35.5. The van der Waals surface area contributed by atoms with Crippen LogP contribution < -0.4 is 10.1 Å². The minimum absolute atomic E-state index is 0.0159. The molecule has 0 aromatic heterocycles. The molecule has 0 saturated carbocycles. The summed E-state index contributed by atoms with van der Waals surface area (Å²) in [5, 5.41) is 14.4. The molecule has 0 fully saturated rings. The van der Waals surface area contributed by atoms with Crippen LogP contribution in [0.4, 0.5) is 5.69 Å². The lowest BCUT2D eigenvalue weighted by Crippen LogP contribution is -2.06. The number of nitrogens with zero attached hydrogens (tertiary/aromatic N) is 1. The molecule has 6 heteroatoms. The lowest BCUT2D eigenvalue weighted by Gasteiger charge is -2.14. The fraction of sp³-hybridized carbons (Fsp3) is 0.200. The zero-order valence-corrected chi connectivity index (χ0v) is 12.5. The summed E-state index contributed by atoms with van der Waals surface area (Å²) in [5.41, 5.74) is 1.67. The Morgan fingerprint density at radius 1 is 1.33 bits per heavy atom. The second-order valence-electron chi connectivity index (χ2n) is 4.57. The predicted molar refractivity (Wildman–Crippen MR) is 82.1 cm³/mol. The standard InChI is InChI=1S/C15H15ClN2O3/c1-10-6-7-12(18(19)20)8-14(10)21-15-11(9-17-2)4-3-5-13(15)16/h3-8,17H,9H2,1-2H3. The Kier molecular flexibility index (Phi) is 4.77. The van der Waals surface area contributed by atoms with Crippen molar-refractivity contribution >= 4 is 17.3 Å². The van der Waals surface area contributed by atoms with Crippen molar-refractivity contribution in [3.05, 3.63) is 62.7 Å². The molecule has 2 rings (SSSR count). The van der Waals surface area contributed by atoms with E-state index in [4.69, 9.17) is 16.3 Å². The average Bonchev–Trinajstić information content (AvgIpc) is 2.44. The van der Waals surface area contributed by atoms with Crippen molar-refractivity contribution in [1.82, 2.24) is 5.32 Å². The smallest absolute Gasteiger partial charge is 0.273 e. The monoisotopic (exact) mass is 306 g/mol. The molecule has 21 heavy (non-hydrogen) atoms. The molecule has 0 spiro atoms. The summed E-state index contributed by atoms with van der Waals surface area (Å²) in [6, 6.07) is 9.96. The van der Waals surface area contributed by atoms with Crippen LogP contribution in [-0.4, -0.2) is 12.0 Å². The molecule has 110 valence electrons. The maximum atomic E-state index is 10.9. The third-order valence-corrected chi connectivity index (χ3v) is 3.31. The topological polar surface area (TPSA) is 64.4 Å². The second-order valence-corrected chi connectivity index (χ2v) is 4.97. The Morgan fingerprint density at radius 3 is 2.76 bits per heavy atom. The summed E-state index contributed by atoms with van der Waals surface area (Å²) >= 11 is 6.18. The lowest BCUT2D eigenvalue weighted by atomic mass is 10.1. The Balaban J connectivity index is 2.42. The van der Waals surface area contributed by atoms with E-state index in [-0.39, 0.29) is 5.69 Å². The van der Waals surface area contributed by atoms with Gasteiger partial charge in [0.15, 0.2) is 5.75 Å². The number of para-hydroxylation sites is 1. The molecule has 0 amide bonds. The summed E-state index contributed by atoms with van der Waals surface area (Å²) in [7, 11) is 1.82. The molecular formula is C15H15ClN2O3. The van der Waals surface area contributed by atoms with E-state index in [9.17, 15) is 10.1 Å². The summed E-state index contributed by atoms with van der Waals surface area (Å²) in [5.74, 6) is 0.937. The maximum absolute atomic E-state index is 10.9. The van der Waals surface area contributed by atoms with Crippen molar-refractivity contribution in [2.24, 2.45) is 0 Å². The van der Waals surface area contributed by atoms with Gasteiger partial charge in [-0.25, -0.2) is 0 Å². The molecule has 2 aromatic carbocycles. The minimum Gasteiger partial charge on any atom is -0.455 e. The van der Waals surface area contributed by atoms with E-state index >= 15 is 0 Å². The van der Waals surface area contributed by atoms with E-state index in [2.05, 4.69) is 5.32 Å². The molecule has 0 heterocycles. The lowest BCUT2D eigenvalue weighted by molar-refractivity contribution is -0.384. The molecule has 0 aliphatic heterocycles. The number of nitro groups is 1. The number of halogens is 1. The number of ether oxygens (including phenoxy) is 1. The van der Waals surface area contributed by atoms with Gasteiger partial charge in [-0.1, -0.05) is 23.7 Å².